The van der Waals surface area contributed by atoms with Crippen molar-refractivity contribution in [3.05, 3.63) is 55.1 Å². The van der Waals surface area contributed by atoms with Gasteiger partial charge in [0.05, 0.1) is 16.6 Å². The Labute approximate surface area is 136 Å². The highest BCUT2D eigenvalue weighted by atomic mass is 79.9. The summed E-state index contributed by atoms with van der Waals surface area (Å²) < 4.78 is 0.734. The van der Waals surface area contributed by atoms with Crippen LogP contribution in [0.4, 0.5) is 0 Å². The van der Waals surface area contributed by atoms with Gasteiger partial charge in [0.2, 0.25) is 0 Å². The molecule has 0 fully saturated rings. The molecule has 0 radical (unpaired) electrons. The third-order valence-corrected chi connectivity index (χ3v) is 5.72. The van der Waals surface area contributed by atoms with E-state index in [4.69, 9.17) is 11.6 Å². The summed E-state index contributed by atoms with van der Waals surface area (Å²) >= 11 is 11.3. The summed E-state index contributed by atoms with van der Waals surface area (Å²) in [5.74, 6) is -0.0742. The van der Waals surface area contributed by atoms with Gasteiger partial charge in [0, 0.05) is 21.3 Å². The van der Waals surface area contributed by atoms with Crippen LogP contribution in [-0.4, -0.2) is 17.9 Å². The van der Waals surface area contributed by atoms with E-state index in [0.717, 1.165) is 4.47 Å². The van der Waals surface area contributed by atoms with Gasteiger partial charge in [-0.05, 0) is 54.0 Å². The first-order chi connectivity index (χ1) is 9.41. The Hall–Kier alpha value is -0.840. The molecule has 0 aliphatic rings. The van der Waals surface area contributed by atoms with E-state index < -0.39 is 0 Å². The molecule has 0 bridgehead atoms. The number of hydrogen-bond acceptors (Lipinski definition) is 2. The van der Waals surface area contributed by atoms with E-state index in [1.807, 2.05) is 19.1 Å². The second kappa shape index (κ2) is 6.29. The fraction of sp³-hybridized carbons (Fsp3) is 0.267. The standard InChI is InChI=1S/C15H15BrClNOS/c1-9-7-8-13(20-9)10(2)18(3)15(19)11-5-4-6-12(16)14(11)17/h4-8,10H,1-3H3. The lowest BCUT2D eigenvalue weighted by Gasteiger charge is -2.24. The lowest BCUT2D eigenvalue weighted by Crippen LogP contribution is -2.29. The van der Waals surface area contributed by atoms with Gasteiger partial charge in [0.25, 0.3) is 5.91 Å². The fourth-order valence-corrected chi connectivity index (χ4v) is 3.45. The van der Waals surface area contributed by atoms with E-state index in [0.29, 0.717) is 10.6 Å². The number of hydrogen-bond donors (Lipinski definition) is 0. The van der Waals surface area contributed by atoms with Gasteiger partial charge in [-0.3, -0.25) is 4.79 Å². The van der Waals surface area contributed by atoms with Crippen LogP contribution >= 0.6 is 38.9 Å². The Kier molecular flexibility index (Phi) is 4.89. The number of benzene rings is 1. The van der Waals surface area contributed by atoms with Crippen LogP contribution in [0.2, 0.25) is 5.02 Å². The average Bonchev–Trinajstić information content (AvgIpc) is 2.86. The largest absolute Gasteiger partial charge is 0.334 e. The Morgan fingerprint density at radius 1 is 1.35 bits per heavy atom. The molecular formula is C15H15BrClNOS. The van der Waals surface area contributed by atoms with E-state index in [9.17, 15) is 4.79 Å². The van der Waals surface area contributed by atoms with Crippen LogP contribution < -0.4 is 0 Å². The SMILES string of the molecule is Cc1ccc(C(C)N(C)C(=O)c2cccc(Br)c2Cl)s1. The number of amides is 1. The smallest absolute Gasteiger partial charge is 0.255 e. The summed E-state index contributed by atoms with van der Waals surface area (Å²) in [5, 5.41) is 0.457. The predicted molar refractivity (Wildman–Crippen MR) is 88.7 cm³/mol. The second-order valence-electron chi connectivity index (χ2n) is 4.64. The summed E-state index contributed by atoms with van der Waals surface area (Å²) in [6, 6.07) is 9.55. The van der Waals surface area contributed by atoms with Crippen molar-refractivity contribution in [3.8, 4) is 0 Å². The van der Waals surface area contributed by atoms with Crippen molar-refractivity contribution in [3.63, 3.8) is 0 Å². The normalized spacial score (nSPS) is 12.2. The van der Waals surface area contributed by atoms with Gasteiger partial charge in [-0.25, -0.2) is 0 Å². The van der Waals surface area contributed by atoms with Crippen LogP contribution in [0, 0.1) is 6.92 Å². The van der Waals surface area contributed by atoms with Gasteiger partial charge < -0.3 is 4.90 Å². The van der Waals surface area contributed by atoms with Gasteiger partial charge in [0.1, 0.15) is 0 Å². The molecule has 0 aliphatic carbocycles. The molecule has 1 aromatic carbocycles. The Balaban J connectivity index is 2.26. The summed E-state index contributed by atoms with van der Waals surface area (Å²) in [4.78, 5) is 16.7. The number of carbonyl (C=O) groups excluding carboxylic acids is 1. The van der Waals surface area contributed by atoms with Gasteiger partial charge in [-0.15, -0.1) is 11.3 Å². The monoisotopic (exact) mass is 371 g/mol. The van der Waals surface area contributed by atoms with Gasteiger partial charge >= 0.3 is 0 Å². The number of carbonyl (C=O) groups is 1. The molecule has 106 valence electrons. The van der Waals surface area contributed by atoms with Crippen molar-refractivity contribution in [2.45, 2.75) is 19.9 Å². The predicted octanol–water partition coefficient (Wildman–Crippen LogP) is 5.31. The summed E-state index contributed by atoms with van der Waals surface area (Å²) in [6.07, 6.45) is 0. The zero-order valence-electron chi connectivity index (χ0n) is 11.5. The molecule has 0 saturated heterocycles. The van der Waals surface area contributed by atoms with Crippen LogP contribution in [0.1, 0.15) is 33.1 Å². The van der Waals surface area contributed by atoms with Crippen molar-refractivity contribution in [1.29, 1.82) is 0 Å². The number of aryl methyl sites for hydroxylation is 1. The fourth-order valence-electron chi connectivity index (χ4n) is 1.90. The summed E-state index contributed by atoms with van der Waals surface area (Å²) in [7, 11) is 1.80. The quantitative estimate of drug-likeness (QED) is 0.715. The maximum Gasteiger partial charge on any atom is 0.255 e. The van der Waals surface area contributed by atoms with E-state index in [1.54, 1.807) is 29.4 Å². The van der Waals surface area contributed by atoms with Gasteiger partial charge in [0.15, 0.2) is 0 Å². The molecule has 1 atom stereocenters. The maximum atomic E-state index is 12.6. The summed E-state index contributed by atoms with van der Waals surface area (Å²) in [6.45, 7) is 4.09. The first kappa shape index (κ1) is 15.5. The number of thiophene rings is 1. The number of halogens is 2. The third-order valence-electron chi connectivity index (χ3n) is 3.26. The zero-order valence-corrected chi connectivity index (χ0v) is 14.6. The molecule has 2 rings (SSSR count). The molecule has 20 heavy (non-hydrogen) atoms. The van der Waals surface area contributed by atoms with Crippen LogP contribution in [0.3, 0.4) is 0 Å². The molecule has 5 heteroatoms. The average molecular weight is 373 g/mol. The van der Waals surface area contributed by atoms with Crippen molar-refractivity contribution in [2.75, 3.05) is 7.05 Å². The lowest BCUT2D eigenvalue weighted by atomic mass is 10.1. The summed E-state index contributed by atoms with van der Waals surface area (Å²) in [5.41, 5.74) is 0.517. The molecule has 0 saturated carbocycles. The molecule has 2 aromatic rings. The van der Waals surface area contributed by atoms with Crippen molar-refractivity contribution >= 4 is 44.8 Å². The van der Waals surface area contributed by atoms with E-state index >= 15 is 0 Å². The van der Waals surface area contributed by atoms with Crippen LogP contribution in [0.25, 0.3) is 0 Å². The highest BCUT2D eigenvalue weighted by Gasteiger charge is 2.22. The second-order valence-corrected chi connectivity index (χ2v) is 7.19. The first-order valence-corrected chi connectivity index (χ1v) is 8.18. The zero-order chi connectivity index (χ0) is 14.9. The Bertz CT molecular complexity index is 641. The van der Waals surface area contributed by atoms with Crippen molar-refractivity contribution in [1.82, 2.24) is 4.90 Å². The molecular weight excluding hydrogens is 358 g/mol. The topological polar surface area (TPSA) is 20.3 Å². The van der Waals surface area contributed by atoms with Gasteiger partial charge in [-0.2, -0.15) is 0 Å². The third kappa shape index (κ3) is 3.08. The van der Waals surface area contributed by atoms with Crippen LogP contribution in [-0.2, 0) is 0 Å². The molecule has 0 spiro atoms. The highest BCUT2D eigenvalue weighted by Crippen LogP contribution is 2.31. The minimum atomic E-state index is -0.0742. The lowest BCUT2D eigenvalue weighted by molar-refractivity contribution is 0.0745. The molecule has 2 nitrogen and oxygen atoms in total. The van der Waals surface area contributed by atoms with Gasteiger partial charge in [-0.1, -0.05) is 17.7 Å². The molecule has 1 unspecified atom stereocenters. The Morgan fingerprint density at radius 3 is 2.65 bits per heavy atom. The first-order valence-electron chi connectivity index (χ1n) is 6.19. The van der Waals surface area contributed by atoms with E-state index in [1.165, 1.54) is 9.75 Å². The van der Waals surface area contributed by atoms with Crippen molar-refractivity contribution in [2.24, 2.45) is 0 Å². The van der Waals surface area contributed by atoms with E-state index in [-0.39, 0.29) is 11.9 Å². The number of nitrogens with zero attached hydrogens (tertiary/aromatic N) is 1. The number of rotatable bonds is 3. The van der Waals surface area contributed by atoms with Crippen molar-refractivity contribution < 1.29 is 4.79 Å². The highest BCUT2D eigenvalue weighted by molar-refractivity contribution is 9.10. The molecule has 1 heterocycles. The minimum Gasteiger partial charge on any atom is -0.334 e. The molecule has 0 N–H and O–H groups in total. The minimum absolute atomic E-state index is 0.0243. The van der Waals surface area contributed by atoms with Crippen LogP contribution in [0.15, 0.2) is 34.8 Å². The molecule has 0 aliphatic heterocycles. The molecule has 1 aromatic heterocycles. The Morgan fingerprint density at radius 2 is 2.05 bits per heavy atom. The molecule has 1 amide bonds. The van der Waals surface area contributed by atoms with Crippen LogP contribution in [0.5, 0.6) is 0 Å². The maximum absolute atomic E-state index is 12.6. The van der Waals surface area contributed by atoms with E-state index in [2.05, 4.69) is 35.0 Å².